The van der Waals surface area contributed by atoms with Crippen LogP contribution < -0.4 is 16.9 Å². The number of amides is 2. The van der Waals surface area contributed by atoms with Crippen LogP contribution in [0.2, 0.25) is 0 Å². The second-order valence-electron chi connectivity index (χ2n) is 2.62. The van der Waals surface area contributed by atoms with E-state index in [1.807, 2.05) is 12.4 Å². The van der Waals surface area contributed by atoms with E-state index in [9.17, 15) is 9.59 Å². The minimum Gasteiger partial charge on any atom is -0.368 e. The van der Waals surface area contributed by atoms with Gasteiger partial charge in [0.05, 0.1) is 6.04 Å². The summed E-state index contributed by atoms with van der Waals surface area (Å²) in [6, 6.07) is -0.599. The topological polar surface area (TPSA) is 107 Å². The van der Waals surface area contributed by atoms with Gasteiger partial charge in [0.25, 0.3) is 5.91 Å². The monoisotopic (exact) mass is 189 g/mol. The summed E-state index contributed by atoms with van der Waals surface area (Å²) >= 11 is 0. The number of hydrogen-bond acceptors (Lipinski definition) is 4. The van der Waals surface area contributed by atoms with Gasteiger partial charge in [-0.25, -0.2) is 5.48 Å². The first-order chi connectivity index (χ1) is 6.07. The Hall–Kier alpha value is -1.14. The summed E-state index contributed by atoms with van der Waals surface area (Å²) in [7, 11) is 0. The van der Waals surface area contributed by atoms with Crippen LogP contribution in [0.3, 0.4) is 0 Å². The molecule has 0 aromatic rings. The van der Waals surface area contributed by atoms with Crippen molar-refractivity contribution in [3.8, 4) is 0 Å². The largest absolute Gasteiger partial charge is 0.368 e. The highest BCUT2D eigenvalue weighted by molar-refractivity contribution is 5.80. The molecule has 0 rings (SSSR count). The van der Waals surface area contributed by atoms with E-state index in [1.165, 1.54) is 0 Å². The molecule has 1 atom stereocenters. The molecule has 1 unspecified atom stereocenters. The normalized spacial score (nSPS) is 12.2. The van der Waals surface area contributed by atoms with Gasteiger partial charge in [0.15, 0.2) is 6.61 Å². The maximum atomic E-state index is 11.0. The van der Waals surface area contributed by atoms with Crippen molar-refractivity contribution in [1.82, 2.24) is 5.48 Å². The van der Waals surface area contributed by atoms with Crippen molar-refractivity contribution < 1.29 is 14.4 Å². The van der Waals surface area contributed by atoms with Crippen molar-refractivity contribution in [2.45, 2.75) is 25.8 Å². The summed E-state index contributed by atoms with van der Waals surface area (Å²) in [6.45, 7) is 1.57. The van der Waals surface area contributed by atoms with Gasteiger partial charge < -0.3 is 11.5 Å². The van der Waals surface area contributed by atoms with Gasteiger partial charge >= 0.3 is 0 Å². The Balaban J connectivity index is 3.55. The van der Waals surface area contributed by atoms with E-state index < -0.39 is 17.9 Å². The Bertz CT molecular complexity index is 184. The van der Waals surface area contributed by atoms with Crippen molar-refractivity contribution in [3.05, 3.63) is 0 Å². The van der Waals surface area contributed by atoms with E-state index in [1.54, 1.807) is 0 Å². The van der Waals surface area contributed by atoms with Crippen LogP contribution in [-0.4, -0.2) is 24.5 Å². The molecule has 6 nitrogen and oxygen atoms in total. The van der Waals surface area contributed by atoms with E-state index in [2.05, 4.69) is 4.84 Å². The maximum Gasteiger partial charge on any atom is 0.260 e. The third-order valence-electron chi connectivity index (χ3n) is 1.32. The summed E-state index contributed by atoms with van der Waals surface area (Å²) in [4.78, 5) is 25.7. The Morgan fingerprint density at radius 1 is 1.54 bits per heavy atom. The molecular weight excluding hydrogens is 174 g/mol. The van der Waals surface area contributed by atoms with Gasteiger partial charge in [-0.1, -0.05) is 13.3 Å². The highest BCUT2D eigenvalue weighted by Gasteiger charge is 2.11. The van der Waals surface area contributed by atoms with Gasteiger partial charge in [-0.15, -0.1) is 0 Å². The first kappa shape index (κ1) is 11.9. The summed E-state index contributed by atoms with van der Waals surface area (Å²) in [5, 5.41) is 0. The van der Waals surface area contributed by atoms with Crippen LogP contribution in [0.5, 0.6) is 0 Å². The fourth-order valence-corrected chi connectivity index (χ4v) is 0.696. The SMILES string of the molecule is CCCC(N)C(=O)NOCC(N)=O. The average Bonchev–Trinajstić information content (AvgIpc) is 2.04. The zero-order valence-electron chi connectivity index (χ0n) is 7.58. The summed E-state index contributed by atoms with van der Waals surface area (Å²) in [5.41, 5.74) is 12.2. The molecule has 2 amide bonds. The molecule has 0 aromatic carbocycles. The van der Waals surface area contributed by atoms with Crippen molar-refractivity contribution >= 4 is 11.8 Å². The second kappa shape index (κ2) is 6.38. The summed E-state index contributed by atoms with van der Waals surface area (Å²) in [6.07, 6.45) is 1.39. The molecule has 0 aliphatic rings. The zero-order valence-corrected chi connectivity index (χ0v) is 7.58. The second-order valence-corrected chi connectivity index (χ2v) is 2.62. The van der Waals surface area contributed by atoms with Gasteiger partial charge in [-0.05, 0) is 6.42 Å². The molecular formula is C7H15N3O3. The van der Waals surface area contributed by atoms with E-state index in [0.29, 0.717) is 6.42 Å². The summed E-state index contributed by atoms with van der Waals surface area (Å²) in [5.74, 6) is -1.09. The predicted octanol–water partition coefficient (Wildman–Crippen LogP) is -1.35. The number of carbonyl (C=O) groups excluding carboxylic acids is 2. The zero-order chi connectivity index (χ0) is 10.3. The highest BCUT2D eigenvalue weighted by atomic mass is 16.7. The van der Waals surface area contributed by atoms with Crippen molar-refractivity contribution in [2.24, 2.45) is 11.5 Å². The first-order valence-corrected chi connectivity index (χ1v) is 4.03. The molecule has 0 fully saturated rings. The lowest BCUT2D eigenvalue weighted by Gasteiger charge is -2.09. The Labute approximate surface area is 76.5 Å². The third-order valence-corrected chi connectivity index (χ3v) is 1.32. The molecule has 0 bridgehead atoms. The smallest absolute Gasteiger partial charge is 0.260 e. The molecule has 0 heterocycles. The molecule has 0 saturated heterocycles. The number of rotatable bonds is 6. The third kappa shape index (κ3) is 6.06. The number of carbonyl (C=O) groups is 2. The Morgan fingerprint density at radius 3 is 2.62 bits per heavy atom. The van der Waals surface area contributed by atoms with Crippen LogP contribution in [0.1, 0.15) is 19.8 Å². The fourth-order valence-electron chi connectivity index (χ4n) is 0.696. The lowest BCUT2D eigenvalue weighted by molar-refractivity contribution is -0.139. The van der Waals surface area contributed by atoms with Gasteiger partial charge in [0.1, 0.15) is 0 Å². The molecule has 13 heavy (non-hydrogen) atoms. The minimum absolute atomic E-state index is 0.343. The molecule has 0 aromatic heterocycles. The quantitative estimate of drug-likeness (QED) is 0.449. The van der Waals surface area contributed by atoms with Crippen LogP contribution >= 0.6 is 0 Å². The molecule has 5 N–H and O–H groups in total. The molecule has 0 saturated carbocycles. The van der Waals surface area contributed by atoms with Crippen molar-refractivity contribution in [1.29, 1.82) is 0 Å². The van der Waals surface area contributed by atoms with Gasteiger partial charge in [0.2, 0.25) is 5.91 Å². The van der Waals surface area contributed by atoms with E-state index in [-0.39, 0.29) is 6.61 Å². The number of hydrogen-bond donors (Lipinski definition) is 3. The predicted molar refractivity (Wildman–Crippen MR) is 46.2 cm³/mol. The van der Waals surface area contributed by atoms with Crippen LogP contribution in [-0.2, 0) is 14.4 Å². The Morgan fingerprint density at radius 2 is 2.15 bits per heavy atom. The standard InChI is InChI=1S/C7H15N3O3/c1-2-3-5(8)7(12)10-13-4-6(9)11/h5H,2-4,8H2,1H3,(H2,9,11)(H,10,12). The van der Waals surface area contributed by atoms with Crippen molar-refractivity contribution in [3.63, 3.8) is 0 Å². The van der Waals surface area contributed by atoms with Gasteiger partial charge in [-0.3, -0.25) is 14.4 Å². The first-order valence-electron chi connectivity index (χ1n) is 4.03. The van der Waals surface area contributed by atoms with Crippen molar-refractivity contribution in [2.75, 3.05) is 6.61 Å². The number of nitrogens with two attached hydrogens (primary N) is 2. The fraction of sp³-hybridized carbons (Fsp3) is 0.714. The van der Waals surface area contributed by atoms with Crippen LogP contribution in [0.4, 0.5) is 0 Å². The van der Waals surface area contributed by atoms with Gasteiger partial charge in [-0.2, -0.15) is 0 Å². The number of nitrogens with one attached hydrogen (secondary N) is 1. The lowest BCUT2D eigenvalue weighted by Crippen LogP contribution is -2.41. The maximum absolute atomic E-state index is 11.0. The van der Waals surface area contributed by atoms with Gasteiger partial charge in [0, 0.05) is 0 Å². The minimum atomic E-state index is -0.649. The molecule has 76 valence electrons. The summed E-state index contributed by atoms with van der Waals surface area (Å²) < 4.78 is 0. The van der Waals surface area contributed by atoms with E-state index >= 15 is 0 Å². The molecule has 6 heteroatoms. The average molecular weight is 189 g/mol. The highest BCUT2D eigenvalue weighted by Crippen LogP contribution is 1.92. The van der Waals surface area contributed by atoms with Crippen LogP contribution in [0.25, 0.3) is 0 Å². The van der Waals surface area contributed by atoms with E-state index in [0.717, 1.165) is 6.42 Å². The number of primary amides is 1. The van der Waals surface area contributed by atoms with Crippen LogP contribution in [0, 0.1) is 0 Å². The molecule has 0 aliphatic carbocycles. The number of hydroxylamine groups is 1. The van der Waals surface area contributed by atoms with Crippen LogP contribution in [0.15, 0.2) is 0 Å². The Kier molecular flexibility index (Phi) is 5.82. The van der Waals surface area contributed by atoms with E-state index in [4.69, 9.17) is 11.5 Å². The molecule has 0 radical (unpaired) electrons. The molecule has 0 aliphatic heterocycles. The molecule has 0 spiro atoms. The lowest BCUT2D eigenvalue weighted by atomic mass is 10.2.